The first kappa shape index (κ1) is 15.0. The Morgan fingerprint density at radius 2 is 2.25 bits per heavy atom. The quantitative estimate of drug-likeness (QED) is 0.586. The molecule has 3 aromatic rings. The van der Waals surface area contributed by atoms with Gasteiger partial charge in [0.25, 0.3) is 0 Å². The second-order valence-corrected chi connectivity index (χ2v) is 6.98. The van der Waals surface area contributed by atoms with Crippen LogP contribution in [0.1, 0.15) is 12.0 Å². The Bertz CT molecular complexity index is 956. The number of benzene rings is 1. The molecule has 4 rings (SSSR count). The highest BCUT2D eigenvalue weighted by Crippen LogP contribution is 2.36. The van der Waals surface area contributed by atoms with Gasteiger partial charge in [-0.15, -0.1) is 0 Å². The minimum absolute atomic E-state index is 0.295. The molecular weight excluding hydrogens is 329 g/mol. The Labute approximate surface area is 141 Å². The van der Waals surface area contributed by atoms with Crippen LogP contribution in [0.15, 0.2) is 36.7 Å². The van der Waals surface area contributed by atoms with E-state index < -0.39 is 12.1 Å². The number of hydrogen-bond acceptors (Lipinski definition) is 4. The van der Waals surface area contributed by atoms with Crippen molar-refractivity contribution in [1.29, 1.82) is 0 Å². The lowest BCUT2D eigenvalue weighted by atomic mass is 10.0. The minimum atomic E-state index is -1.02. The van der Waals surface area contributed by atoms with Crippen LogP contribution in [0.25, 0.3) is 21.3 Å². The Morgan fingerprint density at radius 1 is 1.46 bits per heavy atom. The zero-order chi connectivity index (χ0) is 16.8. The zero-order valence-corrected chi connectivity index (χ0v) is 13.6. The van der Waals surface area contributed by atoms with E-state index in [-0.39, 0.29) is 5.91 Å². The van der Waals surface area contributed by atoms with Gasteiger partial charge in [0.05, 0.1) is 16.1 Å². The zero-order valence-electron chi connectivity index (χ0n) is 12.8. The Balaban J connectivity index is 1.66. The molecule has 7 heteroatoms. The summed E-state index contributed by atoms with van der Waals surface area (Å²) in [6, 6.07) is 7.47. The third-order valence-corrected chi connectivity index (χ3v) is 5.07. The molecule has 1 aromatic carbocycles. The summed E-state index contributed by atoms with van der Waals surface area (Å²) in [6.45, 7) is 1.95. The van der Waals surface area contributed by atoms with Crippen molar-refractivity contribution >= 4 is 32.6 Å². The molecule has 1 aliphatic carbocycles. The first-order chi connectivity index (χ1) is 11.5. The van der Waals surface area contributed by atoms with Crippen LogP contribution in [0.3, 0.4) is 0 Å². The highest BCUT2D eigenvalue weighted by molar-refractivity contribution is 7.22. The lowest BCUT2D eigenvalue weighted by Gasteiger charge is -2.05. The van der Waals surface area contributed by atoms with Crippen LogP contribution in [0.5, 0.6) is 0 Å². The lowest BCUT2D eigenvalue weighted by molar-refractivity contribution is -0.604. The van der Waals surface area contributed by atoms with E-state index in [4.69, 9.17) is 0 Å². The molecular formula is C17H14FN3O2S. The molecule has 5 nitrogen and oxygen atoms in total. The van der Waals surface area contributed by atoms with Crippen molar-refractivity contribution in [3.05, 3.63) is 47.4 Å². The van der Waals surface area contributed by atoms with Gasteiger partial charge in [0.15, 0.2) is 17.5 Å². The molecule has 0 radical (unpaired) electrons. The first-order valence-corrected chi connectivity index (χ1v) is 8.38. The summed E-state index contributed by atoms with van der Waals surface area (Å²) in [5.74, 6) is -0.847. The second kappa shape index (κ2) is 5.52. The molecule has 1 aliphatic rings. The van der Waals surface area contributed by atoms with Crippen LogP contribution in [-0.4, -0.2) is 17.1 Å². The molecule has 2 heterocycles. The molecule has 2 atom stereocenters. The third-order valence-electron chi connectivity index (χ3n) is 4.13. The van der Waals surface area contributed by atoms with Gasteiger partial charge >= 0.3 is 0 Å². The van der Waals surface area contributed by atoms with Crippen LogP contribution in [0, 0.1) is 18.0 Å². The number of rotatable bonds is 3. The molecule has 122 valence electrons. The van der Waals surface area contributed by atoms with Crippen LogP contribution >= 0.6 is 11.3 Å². The first-order valence-electron chi connectivity index (χ1n) is 7.56. The van der Waals surface area contributed by atoms with Crippen molar-refractivity contribution < 1.29 is 13.9 Å². The molecule has 0 saturated heterocycles. The average molecular weight is 343 g/mol. The van der Waals surface area contributed by atoms with Crippen LogP contribution in [0.2, 0.25) is 0 Å². The number of fused-ring (bicyclic) bond motifs is 1. The Kier molecular flexibility index (Phi) is 3.45. The molecule has 1 N–H and O–H groups in total. The summed E-state index contributed by atoms with van der Waals surface area (Å²) < 4.78 is 14.6. The number of amides is 1. The van der Waals surface area contributed by atoms with Crippen LogP contribution in [0.4, 0.5) is 9.52 Å². The van der Waals surface area contributed by atoms with Crippen molar-refractivity contribution in [2.45, 2.75) is 19.5 Å². The van der Waals surface area contributed by atoms with Crippen LogP contribution < -0.4 is 10.0 Å². The topological polar surface area (TPSA) is 68.9 Å². The third kappa shape index (κ3) is 2.71. The van der Waals surface area contributed by atoms with E-state index in [1.54, 1.807) is 6.07 Å². The van der Waals surface area contributed by atoms with Gasteiger partial charge in [-0.3, -0.25) is 4.79 Å². The smallest absolute Gasteiger partial charge is 0.232 e. The lowest BCUT2D eigenvalue weighted by Crippen LogP contribution is -2.24. The number of carbonyl (C=O) groups is 1. The second-order valence-electron chi connectivity index (χ2n) is 5.95. The maximum absolute atomic E-state index is 12.9. The fourth-order valence-electron chi connectivity index (χ4n) is 2.63. The van der Waals surface area contributed by atoms with Gasteiger partial charge in [-0.05, 0) is 36.6 Å². The number of pyridine rings is 1. The Morgan fingerprint density at radius 3 is 3.00 bits per heavy atom. The van der Waals surface area contributed by atoms with E-state index in [1.165, 1.54) is 23.7 Å². The molecule has 1 amide bonds. The predicted molar refractivity (Wildman–Crippen MR) is 90.4 cm³/mol. The number of aromatic nitrogens is 2. The number of hydrogen-bond donors (Lipinski definition) is 1. The van der Waals surface area contributed by atoms with E-state index in [2.05, 4.69) is 10.3 Å². The fraction of sp³-hybridized carbons (Fsp3) is 0.235. The van der Waals surface area contributed by atoms with Crippen molar-refractivity contribution in [3.63, 3.8) is 0 Å². The van der Waals surface area contributed by atoms with Crippen LogP contribution in [-0.2, 0) is 4.79 Å². The number of anilines is 1. The van der Waals surface area contributed by atoms with Gasteiger partial charge in [-0.1, -0.05) is 17.4 Å². The number of nitrogens with one attached hydrogen (secondary N) is 1. The van der Waals surface area contributed by atoms with Gasteiger partial charge in [0, 0.05) is 11.6 Å². The number of thiazole rings is 1. The van der Waals surface area contributed by atoms with Gasteiger partial charge in [0.2, 0.25) is 5.91 Å². The number of aryl methyl sites for hydroxylation is 1. The monoisotopic (exact) mass is 343 g/mol. The maximum Gasteiger partial charge on any atom is 0.232 e. The molecule has 0 aliphatic heterocycles. The number of carbonyl (C=O) groups excluding carboxylic acids is 1. The summed E-state index contributed by atoms with van der Waals surface area (Å²) in [4.78, 5) is 16.2. The summed E-state index contributed by atoms with van der Waals surface area (Å²) in [5.41, 5.74) is 3.53. The molecule has 24 heavy (non-hydrogen) atoms. The maximum atomic E-state index is 12.9. The van der Waals surface area contributed by atoms with Crippen molar-refractivity contribution in [1.82, 2.24) is 4.98 Å². The molecule has 0 unspecified atom stereocenters. The average Bonchev–Trinajstić information content (AvgIpc) is 3.15. The largest absolute Gasteiger partial charge is 0.619 e. The number of alkyl halides is 1. The number of nitrogens with zero attached hydrogens (tertiary/aromatic N) is 2. The van der Waals surface area contributed by atoms with E-state index in [9.17, 15) is 14.4 Å². The van der Waals surface area contributed by atoms with Crippen molar-refractivity contribution in [3.8, 4) is 11.1 Å². The van der Waals surface area contributed by atoms with Gasteiger partial charge in [-0.2, -0.15) is 4.73 Å². The molecule has 1 saturated carbocycles. The van der Waals surface area contributed by atoms with Gasteiger partial charge in [0.1, 0.15) is 6.17 Å². The highest BCUT2D eigenvalue weighted by atomic mass is 32.1. The highest BCUT2D eigenvalue weighted by Gasteiger charge is 2.43. The molecule has 2 aromatic heterocycles. The fourth-order valence-corrected chi connectivity index (χ4v) is 3.54. The van der Waals surface area contributed by atoms with Gasteiger partial charge < -0.3 is 10.5 Å². The number of halogens is 1. The minimum Gasteiger partial charge on any atom is -0.619 e. The standard InChI is InChI=1S/C17H14FN3O2S/c1-9-4-5-21(23)8-12(9)10-2-3-14-15(6-10)24-17(19-14)20-16(22)11-7-13(11)18/h2-6,8,11,13H,7H2,1H3,(H,19,20,22)/t11-,13+/m1/s1. The van der Waals surface area contributed by atoms with Crippen molar-refractivity contribution in [2.24, 2.45) is 5.92 Å². The van der Waals surface area contributed by atoms with E-state index in [0.29, 0.717) is 11.6 Å². The summed E-state index contributed by atoms with van der Waals surface area (Å²) >= 11 is 1.34. The van der Waals surface area contributed by atoms with E-state index in [1.807, 2.05) is 25.1 Å². The molecule has 0 spiro atoms. The SMILES string of the molecule is Cc1cc[n+]([O-])cc1-c1ccc2nc(NC(=O)[C@@H]3C[C@@H]3F)sc2c1. The van der Waals surface area contributed by atoms with E-state index >= 15 is 0 Å². The summed E-state index contributed by atoms with van der Waals surface area (Å²) in [6.07, 6.45) is 2.28. The molecule has 1 fully saturated rings. The van der Waals surface area contributed by atoms with Gasteiger partial charge in [-0.25, -0.2) is 9.37 Å². The predicted octanol–water partition coefficient (Wildman–Crippen LogP) is 3.20. The van der Waals surface area contributed by atoms with Crippen molar-refractivity contribution in [2.75, 3.05) is 5.32 Å². The normalized spacial score (nSPS) is 19.4. The van der Waals surface area contributed by atoms with E-state index in [0.717, 1.165) is 31.6 Å². The molecule has 0 bridgehead atoms. The summed E-state index contributed by atoms with van der Waals surface area (Å²) in [7, 11) is 0. The summed E-state index contributed by atoms with van der Waals surface area (Å²) in [5, 5.41) is 14.7. The Hall–Kier alpha value is -2.54.